The number of benzene rings is 1. The molecule has 0 radical (unpaired) electrons. The molecule has 2 aromatic heterocycles. The molecular weight excluding hydrogens is 418 g/mol. The third-order valence-electron chi connectivity index (χ3n) is 4.19. The number of fused-ring (bicyclic) bond motifs is 1. The molecule has 0 atom stereocenters. The van der Waals surface area contributed by atoms with Crippen LogP contribution in [-0.2, 0) is 4.79 Å². The van der Waals surface area contributed by atoms with Crippen molar-refractivity contribution in [3.05, 3.63) is 29.1 Å². The molecule has 4 N–H and O–H groups in total. The Morgan fingerprint density at radius 2 is 1.97 bits per heavy atom. The fourth-order valence-electron chi connectivity index (χ4n) is 2.86. The fourth-order valence-corrected chi connectivity index (χ4v) is 4.28. The summed E-state index contributed by atoms with van der Waals surface area (Å²) in [5.74, 6) is -0.301. The molecule has 0 aliphatic rings. The second-order valence-corrected chi connectivity index (χ2v) is 9.54. The predicted molar refractivity (Wildman–Crippen MR) is 125 cm³/mol. The zero-order valence-corrected chi connectivity index (χ0v) is 19.3. The van der Waals surface area contributed by atoms with Crippen molar-refractivity contribution in [2.45, 2.75) is 44.8 Å². The van der Waals surface area contributed by atoms with Crippen molar-refractivity contribution >= 4 is 56.5 Å². The van der Waals surface area contributed by atoms with Gasteiger partial charge in [-0.05, 0) is 39.2 Å². The first-order valence-corrected chi connectivity index (χ1v) is 11.5. The van der Waals surface area contributed by atoms with Gasteiger partial charge < -0.3 is 16.4 Å². The topological polar surface area (TPSA) is 110 Å². The second-order valence-electron chi connectivity index (χ2n) is 7.77. The third-order valence-corrected chi connectivity index (χ3v) is 5.83. The molecule has 1 aromatic carbocycles. The second kappa shape index (κ2) is 8.61. The number of nitrogen functional groups attached to an aromatic ring is 1. The summed E-state index contributed by atoms with van der Waals surface area (Å²) in [5, 5.41) is 7.05. The lowest BCUT2D eigenvalue weighted by Crippen LogP contribution is -2.40. The maximum atomic E-state index is 12.8. The Hall–Kier alpha value is -2.65. The highest BCUT2D eigenvalue weighted by molar-refractivity contribution is 7.98. The summed E-state index contributed by atoms with van der Waals surface area (Å²) in [4.78, 5) is 34.9. The fraction of sp³-hybridized carbons (Fsp3) is 0.333. The van der Waals surface area contributed by atoms with Gasteiger partial charge in [-0.2, -0.15) is 0 Å². The van der Waals surface area contributed by atoms with E-state index in [9.17, 15) is 9.59 Å². The Balaban J connectivity index is 2.16. The van der Waals surface area contributed by atoms with Crippen molar-refractivity contribution < 1.29 is 9.59 Å². The smallest absolute Gasteiger partial charge is 0.263 e. The summed E-state index contributed by atoms with van der Waals surface area (Å²) < 4.78 is 0. The minimum Gasteiger partial charge on any atom is -0.397 e. The standard InChI is InChI=1S/C21H25N5O2S2/c1-6-13(27)23-12-9-7-8-11(10-12)16-14-15(22)17(18(28)26-21(2,3)4)30-19(14)25-20(24-16)29-5/h7-10H,6,22H2,1-5H3,(H,23,27)(H,26,28). The van der Waals surface area contributed by atoms with Crippen LogP contribution in [0.2, 0.25) is 0 Å². The van der Waals surface area contributed by atoms with Crippen molar-refractivity contribution in [1.29, 1.82) is 0 Å². The van der Waals surface area contributed by atoms with Crippen LogP contribution in [0.15, 0.2) is 29.4 Å². The van der Waals surface area contributed by atoms with E-state index in [1.54, 1.807) is 6.92 Å². The number of carbonyl (C=O) groups excluding carboxylic acids is 2. The molecule has 158 valence electrons. The summed E-state index contributed by atoms with van der Waals surface area (Å²) in [6.45, 7) is 7.55. The maximum Gasteiger partial charge on any atom is 0.263 e. The van der Waals surface area contributed by atoms with Crippen LogP contribution in [0.25, 0.3) is 21.5 Å². The van der Waals surface area contributed by atoms with E-state index in [0.717, 1.165) is 5.56 Å². The predicted octanol–water partition coefficient (Wildman–Crippen LogP) is 4.54. The van der Waals surface area contributed by atoms with E-state index in [4.69, 9.17) is 5.73 Å². The van der Waals surface area contributed by atoms with E-state index in [0.29, 0.717) is 43.7 Å². The number of thioether (sulfide) groups is 1. The Morgan fingerprint density at radius 3 is 2.60 bits per heavy atom. The highest BCUT2D eigenvalue weighted by Gasteiger charge is 2.24. The lowest BCUT2D eigenvalue weighted by Gasteiger charge is -2.20. The number of nitrogens with two attached hydrogens (primary N) is 1. The van der Waals surface area contributed by atoms with Gasteiger partial charge in [0.1, 0.15) is 9.71 Å². The third kappa shape index (κ3) is 4.73. The quantitative estimate of drug-likeness (QED) is 0.394. The van der Waals surface area contributed by atoms with Crippen LogP contribution in [0.5, 0.6) is 0 Å². The average molecular weight is 444 g/mol. The lowest BCUT2D eigenvalue weighted by atomic mass is 10.1. The number of aromatic nitrogens is 2. The lowest BCUT2D eigenvalue weighted by molar-refractivity contribution is -0.115. The highest BCUT2D eigenvalue weighted by atomic mass is 32.2. The molecule has 3 rings (SSSR count). The number of amides is 2. The first-order chi connectivity index (χ1) is 14.1. The van der Waals surface area contributed by atoms with Crippen LogP contribution < -0.4 is 16.4 Å². The van der Waals surface area contributed by atoms with Crippen LogP contribution in [0.3, 0.4) is 0 Å². The number of rotatable bonds is 5. The van der Waals surface area contributed by atoms with Gasteiger partial charge >= 0.3 is 0 Å². The average Bonchev–Trinajstić information content (AvgIpc) is 3.02. The van der Waals surface area contributed by atoms with Gasteiger partial charge in [0.2, 0.25) is 5.91 Å². The van der Waals surface area contributed by atoms with E-state index < -0.39 is 0 Å². The minimum absolute atomic E-state index is 0.0685. The number of thiophene rings is 1. The molecule has 7 nitrogen and oxygen atoms in total. The van der Waals surface area contributed by atoms with Crippen LogP contribution >= 0.6 is 23.1 Å². The van der Waals surface area contributed by atoms with Gasteiger partial charge in [-0.15, -0.1) is 11.3 Å². The van der Waals surface area contributed by atoms with E-state index in [1.165, 1.54) is 23.1 Å². The molecule has 0 fully saturated rings. The monoisotopic (exact) mass is 443 g/mol. The molecule has 0 spiro atoms. The maximum absolute atomic E-state index is 12.8. The van der Waals surface area contributed by atoms with Gasteiger partial charge in [-0.1, -0.05) is 30.8 Å². The molecule has 3 aromatic rings. The molecule has 0 bridgehead atoms. The number of anilines is 2. The number of hydrogen-bond acceptors (Lipinski definition) is 7. The van der Waals surface area contributed by atoms with Gasteiger partial charge in [0.05, 0.1) is 16.8 Å². The van der Waals surface area contributed by atoms with Crippen molar-refractivity contribution in [2.75, 3.05) is 17.3 Å². The van der Waals surface area contributed by atoms with E-state index in [-0.39, 0.29) is 17.4 Å². The van der Waals surface area contributed by atoms with Gasteiger partial charge in [-0.25, -0.2) is 9.97 Å². The van der Waals surface area contributed by atoms with Crippen molar-refractivity contribution in [3.63, 3.8) is 0 Å². The molecule has 9 heteroatoms. The van der Waals surface area contributed by atoms with Crippen LogP contribution in [-0.4, -0.2) is 33.6 Å². The van der Waals surface area contributed by atoms with Crippen LogP contribution in [0, 0.1) is 0 Å². The summed E-state index contributed by atoms with van der Waals surface area (Å²) in [7, 11) is 0. The molecule has 0 unspecified atom stereocenters. The van der Waals surface area contributed by atoms with Crippen molar-refractivity contribution in [2.24, 2.45) is 0 Å². The van der Waals surface area contributed by atoms with Gasteiger partial charge in [0, 0.05) is 23.2 Å². The number of nitrogens with zero attached hydrogens (tertiary/aromatic N) is 2. The molecule has 0 saturated carbocycles. The minimum atomic E-state index is -0.384. The van der Waals surface area contributed by atoms with Crippen molar-refractivity contribution in [1.82, 2.24) is 15.3 Å². The number of carbonyl (C=O) groups is 2. The Morgan fingerprint density at radius 1 is 1.23 bits per heavy atom. The normalized spacial score (nSPS) is 11.5. The van der Waals surface area contributed by atoms with Gasteiger partial charge in [0.15, 0.2) is 5.16 Å². The van der Waals surface area contributed by atoms with E-state index in [1.807, 2.05) is 51.3 Å². The van der Waals surface area contributed by atoms with Crippen LogP contribution in [0.1, 0.15) is 43.8 Å². The zero-order valence-electron chi connectivity index (χ0n) is 17.6. The summed E-state index contributed by atoms with van der Waals surface area (Å²) in [6, 6.07) is 7.43. The Bertz CT molecular complexity index is 1120. The molecular formula is C21H25N5O2S2. The molecule has 2 heterocycles. The molecule has 2 amide bonds. The molecule has 30 heavy (non-hydrogen) atoms. The Labute approximate surface area is 183 Å². The van der Waals surface area contributed by atoms with Gasteiger partial charge in [0.25, 0.3) is 5.91 Å². The molecule has 0 aliphatic heterocycles. The Kier molecular flexibility index (Phi) is 6.33. The van der Waals surface area contributed by atoms with Crippen molar-refractivity contribution in [3.8, 4) is 11.3 Å². The highest BCUT2D eigenvalue weighted by Crippen LogP contribution is 2.39. The van der Waals surface area contributed by atoms with E-state index in [2.05, 4.69) is 20.6 Å². The first kappa shape index (κ1) is 22.0. The summed E-state index contributed by atoms with van der Waals surface area (Å²) in [5.41, 5.74) is 8.51. The summed E-state index contributed by atoms with van der Waals surface area (Å²) in [6.07, 6.45) is 2.29. The van der Waals surface area contributed by atoms with Gasteiger partial charge in [-0.3, -0.25) is 9.59 Å². The number of nitrogens with one attached hydrogen (secondary N) is 2. The first-order valence-electron chi connectivity index (χ1n) is 9.49. The largest absolute Gasteiger partial charge is 0.397 e. The zero-order chi connectivity index (χ0) is 22.1. The van der Waals surface area contributed by atoms with Crippen LogP contribution in [0.4, 0.5) is 11.4 Å². The molecule has 0 saturated heterocycles. The summed E-state index contributed by atoms with van der Waals surface area (Å²) >= 11 is 2.68. The van der Waals surface area contributed by atoms with E-state index >= 15 is 0 Å². The number of hydrogen-bond donors (Lipinski definition) is 3. The SMILES string of the molecule is CCC(=O)Nc1cccc(-c2nc(SC)nc3sc(C(=O)NC(C)(C)C)c(N)c23)c1. The molecule has 0 aliphatic carbocycles.